The summed E-state index contributed by atoms with van der Waals surface area (Å²) in [5.41, 5.74) is 1.29. The van der Waals surface area contributed by atoms with E-state index >= 15 is 0 Å². The number of fused-ring (bicyclic) bond motifs is 1. The second kappa shape index (κ2) is 8.43. The van der Waals surface area contributed by atoms with E-state index in [0.29, 0.717) is 0 Å². The van der Waals surface area contributed by atoms with Crippen LogP contribution in [0.1, 0.15) is 23.1 Å². The molecule has 3 aromatic rings. The third-order valence-corrected chi connectivity index (χ3v) is 4.60. The van der Waals surface area contributed by atoms with Gasteiger partial charge in [-0.3, -0.25) is 0 Å². The molecule has 0 aliphatic heterocycles. The van der Waals surface area contributed by atoms with Crippen LogP contribution in [0, 0.1) is 6.92 Å². The SMILES string of the molecule is Br.CNCCC(Oc1ccc2c(C)cccc2c1)c1nccs1. The lowest BCUT2D eigenvalue weighted by Gasteiger charge is -2.17. The number of aryl methyl sites for hydroxylation is 1. The van der Waals surface area contributed by atoms with Gasteiger partial charge in [-0.05, 0) is 49.0 Å². The van der Waals surface area contributed by atoms with E-state index in [-0.39, 0.29) is 23.1 Å². The zero-order chi connectivity index (χ0) is 15.4. The molecule has 2 aromatic carbocycles. The first-order valence-electron chi connectivity index (χ1n) is 7.48. The summed E-state index contributed by atoms with van der Waals surface area (Å²) in [6.45, 7) is 3.03. The first-order valence-corrected chi connectivity index (χ1v) is 8.36. The van der Waals surface area contributed by atoms with E-state index in [4.69, 9.17) is 4.74 Å². The summed E-state index contributed by atoms with van der Waals surface area (Å²) in [5, 5.41) is 8.69. The molecule has 0 amide bonds. The standard InChI is InChI=1S/C18H20N2OS.BrH/c1-13-4-3-5-14-12-15(6-7-16(13)14)21-17(8-9-19-2)18-20-10-11-22-18;/h3-7,10-12,17,19H,8-9H2,1-2H3;1H. The Kier molecular flexibility index (Phi) is 6.57. The van der Waals surface area contributed by atoms with E-state index in [0.717, 1.165) is 23.7 Å². The Morgan fingerprint density at radius 2 is 2.13 bits per heavy atom. The van der Waals surface area contributed by atoms with Crippen molar-refractivity contribution in [3.05, 3.63) is 58.5 Å². The minimum atomic E-state index is -0.00490. The van der Waals surface area contributed by atoms with Gasteiger partial charge in [0, 0.05) is 18.0 Å². The highest BCUT2D eigenvalue weighted by Crippen LogP contribution is 2.29. The summed E-state index contributed by atoms with van der Waals surface area (Å²) in [7, 11) is 1.96. The maximum Gasteiger partial charge on any atom is 0.151 e. The topological polar surface area (TPSA) is 34.1 Å². The number of benzene rings is 2. The molecule has 0 aliphatic rings. The van der Waals surface area contributed by atoms with Crippen LogP contribution in [0.5, 0.6) is 5.75 Å². The van der Waals surface area contributed by atoms with Crippen LogP contribution in [0.3, 0.4) is 0 Å². The molecule has 1 atom stereocenters. The Labute approximate surface area is 151 Å². The summed E-state index contributed by atoms with van der Waals surface area (Å²) >= 11 is 1.64. The van der Waals surface area contributed by atoms with Gasteiger partial charge in [0.15, 0.2) is 6.10 Å². The van der Waals surface area contributed by atoms with E-state index in [1.165, 1.54) is 16.3 Å². The van der Waals surface area contributed by atoms with Crippen LogP contribution in [0.4, 0.5) is 0 Å². The minimum absolute atomic E-state index is 0. The molecule has 3 nitrogen and oxygen atoms in total. The lowest BCUT2D eigenvalue weighted by Crippen LogP contribution is -2.16. The molecule has 23 heavy (non-hydrogen) atoms. The summed E-state index contributed by atoms with van der Waals surface area (Å²) < 4.78 is 6.22. The molecule has 1 N–H and O–H groups in total. The Morgan fingerprint density at radius 1 is 1.26 bits per heavy atom. The quantitative estimate of drug-likeness (QED) is 0.646. The van der Waals surface area contributed by atoms with Crippen LogP contribution in [0.2, 0.25) is 0 Å². The van der Waals surface area contributed by atoms with Crippen molar-refractivity contribution in [2.75, 3.05) is 13.6 Å². The first-order chi connectivity index (χ1) is 10.8. The van der Waals surface area contributed by atoms with E-state index in [1.54, 1.807) is 11.3 Å². The maximum absolute atomic E-state index is 6.22. The largest absolute Gasteiger partial charge is 0.483 e. The number of hydrogen-bond donors (Lipinski definition) is 1. The predicted molar refractivity (Wildman–Crippen MR) is 103 cm³/mol. The van der Waals surface area contributed by atoms with Gasteiger partial charge in [-0.15, -0.1) is 28.3 Å². The minimum Gasteiger partial charge on any atom is -0.483 e. The molecule has 0 spiro atoms. The highest BCUT2D eigenvalue weighted by molar-refractivity contribution is 8.93. The smallest absolute Gasteiger partial charge is 0.151 e. The second-order valence-corrected chi connectivity index (χ2v) is 6.25. The first kappa shape index (κ1) is 17.9. The van der Waals surface area contributed by atoms with Crippen LogP contribution in [0.15, 0.2) is 48.0 Å². The van der Waals surface area contributed by atoms with Gasteiger partial charge in [-0.1, -0.05) is 24.3 Å². The monoisotopic (exact) mass is 392 g/mol. The number of aromatic nitrogens is 1. The summed E-state index contributed by atoms with van der Waals surface area (Å²) in [4.78, 5) is 4.41. The number of nitrogens with zero attached hydrogens (tertiary/aromatic N) is 1. The number of rotatable bonds is 6. The van der Waals surface area contributed by atoms with Gasteiger partial charge in [-0.2, -0.15) is 0 Å². The van der Waals surface area contributed by atoms with Gasteiger partial charge >= 0.3 is 0 Å². The van der Waals surface area contributed by atoms with Crippen molar-refractivity contribution in [1.29, 1.82) is 0 Å². The number of nitrogens with one attached hydrogen (secondary N) is 1. The molecule has 0 radical (unpaired) electrons. The van der Waals surface area contributed by atoms with Gasteiger partial charge in [0.05, 0.1) is 0 Å². The van der Waals surface area contributed by atoms with Crippen molar-refractivity contribution in [3.63, 3.8) is 0 Å². The number of ether oxygens (including phenoxy) is 1. The molecular weight excluding hydrogens is 372 g/mol. The molecule has 0 bridgehead atoms. The molecule has 5 heteroatoms. The van der Waals surface area contributed by atoms with Crippen LogP contribution >= 0.6 is 28.3 Å². The normalized spacial score (nSPS) is 11.9. The van der Waals surface area contributed by atoms with Crippen molar-refractivity contribution in [3.8, 4) is 5.75 Å². The van der Waals surface area contributed by atoms with Gasteiger partial charge < -0.3 is 10.1 Å². The fourth-order valence-corrected chi connectivity index (χ4v) is 3.26. The van der Waals surface area contributed by atoms with Crippen molar-refractivity contribution in [1.82, 2.24) is 10.3 Å². The third kappa shape index (κ3) is 4.31. The number of hydrogen-bond acceptors (Lipinski definition) is 4. The Balaban J connectivity index is 0.00000192. The van der Waals surface area contributed by atoms with Crippen molar-refractivity contribution >= 4 is 39.1 Å². The van der Waals surface area contributed by atoms with E-state index < -0.39 is 0 Å². The van der Waals surface area contributed by atoms with Crippen LogP contribution in [-0.4, -0.2) is 18.6 Å². The Morgan fingerprint density at radius 3 is 2.87 bits per heavy atom. The molecular formula is C18H21BrN2OS. The molecule has 3 rings (SSSR count). The molecule has 1 unspecified atom stereocenters. The second-order valence-electron chi connectivity index (χ2n) is 5.33. The maximum atomic E-state index is 6.22. The van der Waals surface area contributed by atoms with Gasteiger partial charge in [0.2, 0.25) is 0 Å². The van der Waals surface area contributed by atoms with Crippen LogP contribution in [0.25, 0.3) is 10.8 Å². The summed E-state index contributed by atoms with van der Waals surface area (Å²) in [5.74, 6) is 0.898. The number of halogens is 1. The van der Waals surface area contributed by atoms with Gasteiger partial charge in [0.1, 0.15) is 10.8 Å². The molecule has 0 saturated carbocycles. The van der Waals surface area contributed by atoms with E-state index in [1.807, 2.05) is 18.6 Å². The van der Waals surface area contributed by atoms with Crippen molar-refractivity contribution in [2.45, 2.75) is 19.4 Å². The van der Waals surface area contributed by atoms with Crippen molar-refractivity contribution < 1.29 is 4.74 Å². The van der Waals surface area contributed by atoms with Crippen molar-refractivity contribution in [2.24, 2.45) is 0 Å². The molecule has 0 saturated heterocycles. The average Bonchev–Trinajstić information content (AvgIpc) is 3.06. The average molecular weight is 393 g/mol. The molecule has 0 fully saturated rings. The highest BCUT2D eigenvalue weighted by atomic mass is 79.9. The fraction of sp³-hybridized carbons (Fsp3) is 0.278. The zero-order valence-corrected chi connectivity index (χ0v) is 15.8. The fourth-order valence-electron chi connectivity index (χ4n) is 2.56. The molecule has 1 heterocycles. The number of thiazole rings is 1. The highest BCUT2D eigenvalue weighted by Gasteiger charge is 2.16. The summed E-state index contributed by atoms with van der Waals surface area (Å²) in [6, 6.07) is 12.6. The van der Waals surface area contributed by atoms with Gasteiger partial charge in [-0.25, -0.2) is 4.98 Å². The zero-order valence-electron chi connectivity index (χ0n) is 13.3. The van der Waals surface area contributed by atoms with Crippen LogP contribution < -0.4 is 10.1 Å². The van der Waals surface area contributed by atoms with E-state index in [2.05, 4.69) is 53.6 Å². The lowest BCUT2D eigenvalue weighted by molar-refractivity contribution is 0.195. The molecule has 0 aliphatic carbocycles. The molecule has 1 aromatic heterocycles. The Bertz CT molecular complexity index is 746. The Hall–Kier alpha value is -1.43. The van der Waals surface area contributed by atoms with Gasteiger partial charge in [0.25, 0.3) is 0 Å². The third-order valence-electron chi connectivity index (χ3n) is 3.73. The summed E-state index contributed by atoms with van der Waals surface area (Å²) in [6.07, 6.45) is 2.73. The van der Waals surface area contributed by atoms with Crippen LogP contribution in [-0.2, 0) is 0 Å². The molecule has 122 valence electrons. The lowest BCUT2D eigenvalue weighted by atomic mass is 10.1. The van der Waals surface area contributed by atoms with E-state index in [9.17, 15) is 0 Å². The predicted octanol–water partition coefficient (Wildman–Crippen LogP) is 4.91.